The first-order chi connectivity index (χ1) is 6.93. The van der Waals surface area contributed by atoms with Crippen molar-refractivity contribution >= 4 is 17.7 Å². The Balaban J connectivity index is 2.56. The van der Waals surface area contributed by atoms with E-state index in [1.807, 2.05) is 0 Å². The molecule has 0 aromatic rings. The Morgan fingerprint density at radius 2 is 1.93 bits per heavy atom. The molecule has 0 radical (unpaired) electrons. The standard InChI is InChI=1S/C10H17F2NOS/c1-8(2)7-10(11,12)9(14)13-3-5-15-6-4-13/h8H,3-7H2,1-2H3. The van der Waals surface area contributed by atoms with Gasteiger partial charge in [0.1, 0.15) is 0 Å². The van der Waals surface area contributed by atoms with Crippen LogP contribution in [0.4, 0.5) is 8.78 Å². The summed E-state index contributed by atoms with van der Waals surface area (Å²) in [6.45, 7) is 4.31. The zero-order chi connectivity index (χ0) is 11.5. The minimum Gasteiger partial charge on any atom is -0.336 e. The van der Waals surface area contributed by atoms with Crippen molar-refractivity contribution < 1.29 is 13.6 Å². The molecule has 1 aliphatic rings. The first-order valence-corrected chi connectivity index (χ1v) is 6.34. The Kier molecular flexibility index (Phi) is 4.37. The van der Waals surface area contributed by atoms with Crippen LogP contribution < -0.4 is 0 Å². The summed E-state index contributed by atoms with van der Waals surface area (Å²) in [5.41, 5.74) is 0. The van der Waals surface area contributed by atoms with Gasteiger partial charge in [0.25, 0.3) is 5.91 Å². The fraction of sp³-hybridized carbons (Fsp3) is 0.900. The summed E-state index contributed by atoms with van der Waals surface area (Å²) in [6, 6.07) is 0. The fourth-order valence-electron chi connectivity index (χ4n) is 1.60. The molecule has 0 aliphatic carbocycles. The number of carbonyl (C=O) groups excluding carboxylic acids is 1. The summed E-state index contributed by atoms with van der Waals surface area (Å²) in [5.74, 6) is -2.80. The van der Waals surface area contributed by atoms with Gasteiger partial charge >= 0.3 is 5.92 Å². The van der Waals surface area contributed by atoms with Crippen molar-refractivity contribution in [2.75, 3.05) is 24.6 Å². The molecule has 1 fully saturated rings. The molecule has 88 valence electrons. The Labute approximate surface area is 93.4 Å². The third kappa shape index (κ3) is 3.63. The van der Waals surface area contributed by atoms with Gasteiger partial charge in [0.2, 0.25) is 0 Å². The second kappa shape index (κ2) is 5.14. The highest BCUT2D eigenvalue weighted by atomic mass is 32.2. The van der Waals surface area contributed by atoms with Crippen LogP contribution >= 0.6 is 11.8 Å². The maximum Gasteiger partial charge on any atom is 0.325 e. The molecule has 0 spiro atoms. The van der Waals surface area contributed by atoms with Gasteiger partial charge in [0, 0.05) is 31.0 Å². The molecule has 15 heavy (non-hydrogen) atoms. The summed E-state index contributed by atoms with van der Waals surface area (Å²) in [4.78, 5) is 12.8. The molecule has 1 rings (SSSR count). The van der Waals surface area contributed by atoms with Crippen molar-refractivity contribution in [1.29, 1.82) is 0 Å². The molecule has 0 N–H and O–H groups in total. The third-order valence-corrected chi connectivity index (χ3v) is 3.22. The van der Waals surface area contributed by atoms with Crippen LogP contribution in [-0.2, 0) is 4.79 Å². The summed E-state index contributed by atoms with van der Waals surface area (Å²) in [7, 11) is 0. The van der Waals surface area contributed by atoms with Gasteiger partial charge in [-0.2, -0.15) is 20.5 Å². The van der Waals surface area contributed by atoms with Crippen molar-refractivity contribution in [3.63, 3.8) is 0 Å². The van der Waals surface area contributed by atoms with Crippen LogP contribution in [0.25, 0.3) is 0 Å². The monoisotopic (exact) mass is 237 g/mol. The van der Waals surface area contributed by atoms with Crippen LogP contribution in [0.15, 0.2) is 0 Å². The Morgan fingerprint density at radius 3 is 2.40 bits per heavy atom. The second-order valence-corrected chi connectivity index (χ2v) is 5.43. The molecule has 0 aromatic carbocycles. The number of alkyl halides is 2. The van der Waals surface area contributed by atoms with E-state index in [1.165, 1.54) is 4.90 Å². The predicted octanol–water partition coefficient (Wildman–Crippen LogP) is 2.24. The van der Waals surface area contributed by atoms with Gasteiger partial charge < -0.3 is 4.90 Å². The molecule has 2 nitrogen and oxygen atoms in total. The van der Waals surface area contributed by atoms with E-state index >= 15 is 0 Å². The van der Waals surface area contributed by atoms with Gasteiger partial charge in [-0.3, -0.25) is 4.79 Å². The van der Waals surface area contributed by atoms with E-state index in [0.29, 0.717) is 13.1 Å². The normalized spacial score (nSPS) is 18.3. The molecule has 1 saturated heterocycles. The number of thioether (sulfide) groups is 1. The van der Waals surface area contributed by atoms with Gasteiger partial charge in [0.15, 0.2) is 0 Å². The van der Waals surface area contributed by atoms with Crippen molar-refractivity contribution in [3.05, 3.63) is 0 Å². The highest BCUT2D eigenvalue weighted by molar-refractivity contribution is 7.99. The van der Waals surface area contributed by atoms with Gasteiger partial charge in [-0.25, -0.2) is 0 Å². The molecule has 0 atom stereocenters. The minimum absolute atomic E-state index is 0.164. The van der Waals surface area contributed by atoms with Gasteiger partial charge in [0.05, 0.1) is 0 Å². The highest BCUT2D eigenvalue weighted by Gasteiger charge is 2.42. The van der Waals surface area contributed by atoms with Crippen LogP contribution in [0.1, 0.15) is 20.3 Å². The molecule has 5 heteroatoms. The average Bonchev–Trinajstić information content (AvgIpc) is 2.16. The van der Waals surface area contributed by atoms with Crippen LogP contribution in [0.2, 0.25) is 0 Å². The van der Waals surface area contributed by atoms with Crippen molar-refractivity contribution in [2.24, 2.45) is 5.92 Å². The number of nitrogens with zero attached hydrogens (tertiary/aromatic N) is 1. The third-order valence-electron chi connectivity index (χ3n) is 2.28. The lowest BCUT2D eigenvalue weighted by Crippen LogP contribution is -2.47. The van der Waals surface area contributed by atoms with E-state index in [9.17, 15) is 13.6 Å². The van der Waals surface area contributed by atoms with E-state index in [4.69, 9.17) is 0 Å². The molecule has 0 aromatic heterocycles. The smallest absolute Gasteiger partial charge is 0.325 e. The van der Waals surface area contributed by atoms with Crippen molar-refractivity contribution in [3.8, 4) is 0 Å². The predicted molar refractivity (Wildman–Crippen MR) is 58.3 cm³/mol. The molecule has 1 aliphatic heterocycles. The number of hydrogen-bond acceptors (Lipinski definition) is 2. The zero-order valence-electron chi connectivity index (χ0n) is 9.13. The topological polar surface area (TPSA) is 20.3 Å². The van der Waals surface area contributed by atoms with Gasteiger partial charge in [-0.1, -0.05) is 13.8 Å². The van der Waals surface area contributed by atoms with Crippen LogP contribution in [0.3, 0.4) is 0 Å². The average molecular weight is 237 g/mol. The Hall–Kier alpha value is -0.320. The number of amides is 1. The Bertz CT molecular complexity index is 227. The summed E-state index contributed by atoms with van der Waals surface area (Å²) in [6.07, 6.45) is -0.352. The lowest BCUT2D eigenvalue weighted by atomic mass is 10.0. The summed E-state index contributed by atoms with van der Waals surface area (Å²) < 4.78 is 26.9. The molecular weight excluding hydrogens is 220 g/mol. The first-order valence-electron chi connectivity index (χ1n) is 5.18. The van der Waals surface area contributed by atoms with Crippen molar-refractivity contribution in [2.45, 2.75) is 26.2 Å². The van der Waals surface area contributed by atoms with E-state index in [1.54, 1.807) is 25.6 Å². The van der Waals surface area contributed by atoms with Crippen LogP contribution in [-0.4, -0.2) is 41.3 Å². The SMILES string of the molecule is CC(C)CC(F)(F)C(=O)N1CCSCC1. The van der Waals surface area contributed by atoms with Crippen LogP contribution in [0, 0.1) is 5.92 Å². The fourth-order valence-corrected chi connectivity index (χ4v) is 2.50. The second-order valence-electron chi connectivity index (χ2n) is 4.21. The zero-order valence-corrected chi connectivity index (χ0v) is 9.95. The maximum atomic E-state index is 13.5. The summed E-state index contributed by atoms with van der Waals surface area (Å²) in [5, 5.41) is 0. The summed E-state index contributed by atoms with van der Waals surface area (Å²) >= 11 is 1.70. The maximum absolute atomic E-state index is 13.5. The van der Waals surface area contributed by atoms with E-state index in [-0.39, 0.29) is 12.3 Å². The lowest BCUT2D eigenvalue weighted by Gasteiger charge is -2.30. The molecule has 0 unspecified atom stereocenters. The number of halogens is 2. The molecule has 1 heterocycles. The number of rotatable bonds is 3. The molecule has 0 saturated carbocycles. The van der Waals surface area contributed by atoms with Gasteiger partial charge in [-0.15, -0.1) is 0 Å². The molecule has 0 bridgehead atoms. The number of carbonyl (C=O) groups is 1. The Morgan fingerprint density at radius 1 is 1.40 bits per heavy atom. The van der Waals surface area contributed by atoms with E-state index in [0.717, 1.165) is 11.5 Å². The van der Waals surface area contributed by atoms with Gasteiger partial charge in [-0.05, 0) is 5.92 Å². The van der Waals surface area contributed by atoms with E-state index in [2.05, 4.69) is 0 Å². The molecule has 1 amide bonds. The first kappa shape index (κ1) is 12.7. The lowest BCUT2D eigenvalue weighted by molar-refractivity contribution is -0.159. The van der Waals surface area contributed by atoms with Crippen LogP contribution in [0.5, 0.6) is 0 Å². The number of hydrogen-bond donors (Lipinski definition) is 0. The van der Waals surface area contributed by atoms with E-state index < -0.39 is 11.8 Å². The minimum atomic E-state index is -3.18. The largest absolute Gasteiger partial charge is 0.336 e. The van der Waals surface area contributed by atoms with Crippen molar-refractivity contribution in [1.82, 2.24) is 4.90 Å². The highest BCUT2D eigenvalue weighted by Crippen LogP contribution is 2.26. The molecular formula is C10H17F2NOS. The quantitative estimate of drug-likeness (QED) is 0.750.